The van der Waals surface area contributed by atoms with Gasteiger partial charge in [0, 0.05) is 20.6 Å². The van der Waals surface area contributed by atoms with E-state index in [0.717, 1.165) is 20.5 Å². The zero-order valence-corrected chi connectivity index (χ0v) is 21.9. The van der Waals surface area contributed by atoms with Gasteiger partial charge in [0.25, 0.3) is 5.56 Å². The Hall–Kier alpha value is -3.30. The second kappa shape index (κ2) is 10.5. The predicted octanol–water partition coefficient (Wildman–Crippen LogP) is 5.96. The second-order valence-corrected chi connectivity index (χ2v) is 10.0. The summed E-state index contributed by atoms with van der Waals surface area (Å²) in [6.45, 7) is 5.80. The highest BCUT2D eigenvalue weighted by molar-refractivity contribution is 9.10. The van der Waals surface area contributed by atoms with Crippen LogP contribution in [-0.2, 0) is 9.53 Å². The number of rotatable bonds is 7. The number of thiophene rings is 1. The van der Waals surface area contributed by atoms with E-state index in [4.69, 9.17) is 4.74 Å². The highest BCUT2D eigenvalue weighted by atomic mass is 79.9. The lowest BCUT2D eigenvalue weighted by Crippen LogP contribution is -2.33. The van der Waals surface area contributed by atoms with Crippen LogP contribution < -0.4 is 10.9 Å². The van der Waals surface area contributed by atoms with Crippen LogP contribution in [0.2, 0.25) is 0 Å². The average molecular weight is 554 g/mol. The van der Waals surface area contributed by atoms with E-state index in [0.29, 0.717) is 27.9 Å². The minimum absolute atomic E-state index is 0.260. The van der Waals surface area contributed by atoms with Gasteiger partial charge in [0.15, 0.2) is 0 Å². The molecule has 0 aliphatic rings. The van der Waals surface area contributed by atoms with E-state index in [1.165, 1.54) is 22.2 Å². The van der Waals surface area contributed by atoms with Crippen molar-refractivity contribution >= 4 is 55.0 Å². The first-order chi connectivity index (χ1) is 16.8. The van der Waals surface area contributed by atoms with E-state index in [1.54, 1.807) is 31.2 Å². The number of carbonyl (C=O) groups excluding carboxylic acids is 2. The number of hydrogen-bond acceptors (Lipinski definition) is 6. The molecule has 9 heteroatoms. The molecule has 0 saturated heterocycles. The van der Waals surface area contributed by atoms with Gasteiger partial charge < -0.3 is 10.1 Å². The van der Waals surface area contributed by atoms with Crippen LogP contribution in [0.15, 0.2) is 64.1 Å². The number of benzene rings is 2. The van der Waals surface area contributed by atoms with Crippen molar-refractivity contribution in [1.29, 1.82) is 0 Å². The van der Waals surface area contributed by atoms with E-state index in [1.807, 2.05) is 38.1 Å². The molecular formula is C26H24BrN3O4S. The second-order valence-electron chi connectivity index (χ2n) is 7.89. The van der Waals surface area contributed by atoms with Gasteiger partial charge in [-0.25, -0.2) is 9.78 Å². The van der Waals surface area contributed by atoms with Crippen LogP contribution in [0.25, 0.3) is 21.3 Å². The Morgan fingerprint density at radius 3 is 2.60 bits per heavy atom. The third-order valence-electron chi connectivity index (χ3n) is 5.61. The number of esters is 1. The third kappa shape index (κ3) is 5.06. The van der Waals surface area contributed by atoms with Gasteiger partial charge in [0.1, 0.15) is 10.9 Å². The summed E-state index contributed by atoms with van der Waals surface area (Å²) in [4.78, 5) is 45.1. The highest BCUT2D eigenvalue weighted by Crippen LogP contribution is 2.36. The van der Waals surface area contributed by atoms with Gasteiger partial charge >= 0.3 is 5.97 Å². The van der Waals surface area contributed by atoms with Gasteiger partial charge in [0.2, 0.25) is 5.91 Å². The molecule has 0 radical (unpaired) electrons. The lowest BCUT2D eigenvalue weighted by molar-refractivity contribution is -0.119. The molecule has 1 atom stereocenters. The molecule has 7 nitrogen and oxygen atoms in total. The summed E-state index contributed by atoms with van der Waals surface area (Å²) in [5.41, 5.74) is 2.28. The number of ether oxygens (including phenoxy) is 1. The van der Waals surface area contributed by atoms with Crippen molar-refractivity contribution in [2.45, 2.75) is 33.2 Å². The number of hydrogen-bond donors (Lipinski definition) is 1. The number of carbonyl (C=O) groups is 2. The van der Waals surface area contributed by atoms with Crippen molar-refractivity contribution in [3.05, 3.63) is 80.1 Å². The number of nitrogens with zero attached hydrogens (tertiary/aromatic N) is 2. The SMILES string of the molecule is CCOC(=O)c1cccc(NC(=O)C(CC)n2cnc3sc(C)c(-c4ccc(Br)cc4)c3c2=O)c1. The molecule has 0 aliphatic heterocycles. The fraction of sp³-hybridized carbons (Fsp3) is 0.231. The Balaban J connectivity index is 1.70. The molecule has 35 heavy (non-hydrogen) atoms. The van der Waals surface area contributed by atoms with Crippen LogP contribution in [0, 0.1) is 6.92 Å². The van der Waals surface area contributed by atoms with E-state index < -0.39 is 12.0 Å². The summed E-state index contributed by atoms with van der Waals surface area (Å²) >= 11 is 4.91. The minimum Gasteiger partial charge on any atom is -0.462 e. The maximum Gasteiger partial charge on any atom is 0.338 e. The topological polar surface area (TPSA) is 90.3 Å². The molecule has 180 valence electrons. The van der Waals surface area contributed by atoms with E-state index in [9.17, 15) is 14.4 Å². The van der Waals surface area contributed by atoms with Gasteiger partial charge in [-0.15, -0.1) is 11.3 Å². The number of nitrogens with one attached hydrogen (secondary N) is 1. The summed E-state index contributed by atoms with van der Waals surface area (Å²) in [7, 11) is 0. The van der Waals surface area contributed by atoms with Crippen LogP contribution in [0.1, 0.15) is 41.5 Å². The van der Waals surface area contributed by atoms with Crippen LogP contribution in [0.3, 0.4) is 0 Å². The van der Waals surface area contributed by atoms with Crippen LogP contribution >= 0.6 is 27.3 Å². The number of aryl methyl sites for hydroxylation is 1. The molecule has 0 aliphatic carbocycles. The molecule has 0 saturated carbocycles. The van der Waals surface area contributed by atoms with Gasteiger partial charge in [-0.3, -0.25) is 14.2 Å². The Kier molecular flexibility index (Phi) is 7.47. The maximum atomic E-state index is 13.7. The Morgan fingerprint density at radius 1 is 1.17 bits per heavy atom. The fourth-order valence-corrected chi connectivity index (χ4v) is 5.24. The summed E-state index contributed by atoms with van der Waals surface area (Å²) in [5.74, 6) is -0.830. The zero-order chi connectivity index (χ0) is 25.1. The molecular weight excluding hydrogens is 530 g/mol. The molecule has 0 bridgehead atoms. The first kappa shape index (κ1) is 24.8. The molecule has 1 unspecified atom stereocenters. The van der Waals surface area contributed by atoms with Crippen LogP contribution in [0.4, 0.5) is 5.69 Å². The molecule has 1 N–H and O–H groups in total. The number of halogens is 1. The largest absolute Gasteiger partial charge is 0.462 e. The molecule has 4 aromatic rings. The van der Waals surface area contributed by atoms with Gasteiger partial charge in [-0.1, -0.05) is 41.1 Å². The van der Waals surface area contributed by atoms with Gasteiger partial charge in [-0.05, 0) is 56.2 Å². The van der Waals surface area contributed by atoms with Gasteiger partial charge in [-0.2, -0.15) is 0 Å². The van der Waals surface area contributed by atoms with Crippen molar-refractivity contribution in [3.63, 3.8) is 0 Å². The van der Waals surface area contributed by atoms with Gasteiger partial charge in [0.05, 0.1) is 23.9 Å². The van der Waals surface area contributed by atoms with Crippen molar-refractivity contribution in [2.75, 3.05) is 11.9 Å². The lowest BCUT2D eigenvalue weighted by Gasteiger charge is -2.18. The summed E-state index contributed by atoms with van der Waals surface area (Å²) < 4.78 is 7.37. The number of amides is 1. The van der Waals surface area contributed by atoms with E-state index in [-0.39, 0.29) is 18.1 Å². The smallest absolute Gasteiger partial charge is 0.338 e. The van der Waals surface area contributed by atoms with Crippen molar-refractivity contribution in [3.8, 4) is 11.1 Å². The standard InChI is InChI=1S/C26H24BrN3O4S/c1-4-20(23(31)29-19-8-6-7-17(13-19)26(33)34-5-2)30-14-28-24-22(25(30)32)21(15(3)35-24)16-9-11-18(27)12-10-16/h6-14,20H,4-5H2,1-3H3,(H,29,31). The molecule has 0 spiro atoms. The fourth-order valence-electron chi connectivity index (χ4n) is 3.97. The first-order valence-electron chi connectivity index (χ1n) is 11.2. The summed E-state index contributed by atoms with van der Waals surface area (Å²) in [6.07, 6.45) is 1.82. The Labute approximate surface area is 214 Å². The van der Waals surface area contributed by atoms with Crippen molar-refractivity contribution in [2.24, 2.45) is 0 Å². The molecule has 0 fully saturated rings. The quantitative estimate of drug-likeness (QED) is 0.285. The Bertz CT molecular complexity index is 1460. The molecule has 2 heterocycles. The van der Waals surface area contributed by atoms with E-state index in [2.05, 4.69) is 26.2 Å². The molecule has 4 rings (SSSR count). The molecule has 2 aromatic heterocycles. The van der Waals surface area contributed by atoms with Crippen LogP contribution in [-0.4, -0.2) is 28.0 Å². The Morgan fingerprint density at radius 2 is 1.91 bits per heavy atom. The predicted molar refractivity (Wildman–Crippen MR) is 142 cm³/mol. The number of aromatic nitrogens is 2. The van der Waals surface area contributed by atoms with E-state index >= 15 is 0 Å². The monoisotopic (exact) mass is 553 g/mol. The number of fused-ring (bicyclic) bond motifs is 1. The highest BCUT2D eigenvalue weighted by Gasteiger charge is 2.24. The normalized spacial score (nSPS) is 11.9. The summed E-state index contributed by atoms with van der Waals surface area (Å²) in [6, 6.07) is 13.5. The van der Waals surface area contributed by atoms with Crippen LogP contribution in [0.5, 0.6) is 0 Å². The maximum absolute atomic E-state index is 13.7. The average Bonchev–Trinajstić information content (AvgIpc) is 3.18. The number of anilines is 1. The van der Waals surface area contributed by atoms with Crippen molar-refractivity contribution < 1.29 is 14.3 Å². The zero-order valence-electron chi connectivity index (χ0n) is 19.5. The lowest BCUT2D eigenvalue weighted by atomic mass is 10.0. The third-order valence-corrected chi connectivity index (χ3v) is 7.15. The van der Waals surface area contributed by atoms with Crippen molar-refractivity contribution in [1.82, 2.24) is 9.55 Å². The molecule has 1 amide bonds. The summed E-state index contributed by atoms with van der Waals surface area (Å²) in [5, 5.41) is 3.33. The molecule has 2 aromatic carbocycles. The minimum atomic E-state index is -0.774. The first-order valence-corrected chi connectivity index (χ1v) is 12.8.